The first kappa shape index (κ1) is 23.4. The molecular weight excluding hydrogens is 438 g/mol. The Hall–Kier alpha value is -2.87. The van der Waals surface area contributed by atoms with Gasteiger partial charge in [-0.3, -0.25) is 4.55 Å². The fourth-order valence-electron chi connectivity index (χ4n) is 2.38. The highest BCUT2D eigenvalue weighted by Crippen LogP contribution is 2.33. The predicted molar refractivity (Wildman–Crippen MR) is 108 cm³/mol. The molecule has 0 fully saturated rings. The van der Waals surface area contributed by atoms with Crippen molar-refractivity contribution in [2.45, 2.75) is 4.90 Å². The highest BCUT2D eigenvalue weighted by Gasteiger charge is 2.18. The monoisotopic (exact) mass is 457 g/mol. The lowest BCUT2D eigenvalue weighted by Gasteiger charge is -2.15. The van der Waals surface area contributed by atoms with Crippen LogP contribution in [-0.4, -0.2) is 58.9 Å². The van der Waals surface area contributed by atoms with E-state index in [9.17, 15) is 26.7 Å². The fraction of sp³-hybridized carbons (Fsp3) is 0.235. The third-order valence-corrected chi connectivity index (χ3v) is 5.89. The van der Waals surface area contributed by atoms with Crippen LogP contribution < -0.4 is 4.90 Å². The number of sulfone groups is 1. The first-order valence-electron chi connectivity index (χ1n) is 8.31. The van der Waals surface area contributed by atoms with Gasteiger partial charge in [0.2, 0.25) is 0 Å². The molecule has 0 saturated heterocycles. The van der Waals surface area contributed by atoms with Crippen LogP contribution in [0.4, 0.5) is 17.1 Å². The smallest absolute Gasteiger partial charge is 0.397 e. The fourth-order valence-corrected chi connectivity index (χ4v) is 3.91. The van der Waals surface area contributed by atoms with E-state index in [0.717, 1.165) is 0 Å². The van der Waals surface area contributed by atoms with Crippen molar-refractivity contribution in [3.05, 3.63) is 48.0 Å². The quantitative estimate of drug-likeness (QED) is 0.425. The normalized spacial score (nSPS) is 12.2. The molecule has 30 heavy (non-hydrogen) atoms. The maximum absolute atomic E-state index is 12.3. The highest BCUT2D eigenvalue weighted by atomic mass is 32.3. The standard InChI is InChI=1S/C17H19N3O8S2/c1-20(2)15-8-4-7-14(17(21)22)16(15)19-18-12-5-3-6-13(11-12)29(23,24)10-9-28-30(25,26)27/h3-8,11H,9-10H2,1-2H3,(H,21,22)(H,25,26,27)/b19-18+. The SMILES string of the molecule is CN(C)c1cccc(C(=O)O)c1/N=N/c1cccc(S(=O)(=O)CCOS(=O)(=O)O)c1. The second-order valence-corrected chi connectivity index (χ2v) is 9.34. The lowest BCUT2D eigenvalue weighted by atomic mass is 10.1. The van der Waals surface area contributed by atoms with Crippen molar-refractivity contribution in [2.24, 2.45) is 10.2 Å². The van der Waals surface area contributed by atoms with E-state index in [2.05, 4.69) is 14.4 Å². The molecule has 0 radical (unpaired) electrons. The summed E-state index contributed by atoms with van der Waals surface area (Å²) in [7, 11) is -5.26. The molecule has 11 nitrogen and oxygen atoms in total. The maximum Gasteiger partial charge on any atom is 0.397 e. The van der Waals surface area contributed by atoms with Gasteiger partial charge in [-0.05, 0) is 30.3 Å². The Morgan fingerprint density at radius 3 is 2.33 bits per heavy atom. The molecule has 0 aliphatic heterocycles. The van der Waals surface area contributed by atoms with E-state index in [-0.39, 0.29) is 21.8 Å². The van der Waals surface area contributed by atoms with Crippen molar-refractivity contribution >= 4 is 43.3 Å². The van der Waals surface area contributed by atoms with E-state index in [1.807, 2.05) is 0 Å². The number of hydrogen-bond acceptors (Lipinski definition) is 9. The number of anilines is 1. The van der Waals surface area contributed by atoms with Gasteiger partial charge in [0.05, 0.1) is 34.2 Å². The van der Waals surface area contributed by atoms with Gasteiger partial charge in [0.15, 0.2) is 9.84 Å². The summed E-state index contributed by atoms with van der Waals surface area (Å²) < 4.78 is 58.3. The van der Waals surface area contributed by atoms with Crippen molar-refractivity contribution in [1.82, 2.24) is 0 Å². The molecule has 0 heterocycles. The summed E-state index contributed by atoms with van der Waals surface area (Å²) in [5, 5.41) is 17.4. The van der Waals surface area contributed by atoms with Crippen LogP contribution in [0, 0.1) is 0 Å². The molecule has 2 aromatic rings. The summed E-state index contributed by atoms with van der Waals surface area (Å²) in [5.74, 6) is -1.89. The largest absolute Gasteiger partial charge is 0.478 e. The first-order chi connectivity index (χ1) is 13.9. The molecule has 0 aromatic heterocycles. The molecule has 162 valence electrons. The van der Waals surface area contributed by atoms with Gasteiger partial charge < -0.3 is 10.0 Å². The van der Waals surface area contributed by atoms with Gasteiger partial charge >= 0.3 is 16.4 Å². The molecule has 0 amide bonds. The number of aromatic carboxylic acids is 1. The number of rotatable bonds is 9. The maximum atomic E-state index is 12.3. The summed E-state index contributed by atoms with van der Waals surface area (Å²) in [6.07, 6.45) is 0. The van der Waals surface area contributed by atoms with E-state index in [1.54, 1.807) is 31.1 Å². The Balaban J connectivity index is 2.34. The van der Waals surface area contributed by atoms with E-state index in [4.69, 9.17) is 4.55 Å². The van der Waals surface area contributed by atoms with E-state index < -0.39 is 38.6 Å². The number of carbonyl (C=O) groups is 1. The molecule has 0 spiro atoms. The van der Waals surface area contributed by atoms with Crippen LogP contribution in [0.1, 0.15) is 10.4 Å². The Morgan fingerprint density at radius 2 is 1.73 bits per heavy atom. The zero-order valence-corrected chi connectivity index (χ0v) is 17.6. The molecule has 2 N–H and O–H groups in total. The summed E-state index contributed by atoms with van der Waals surface area (Å²) in [4.78, 5) is 13.0. The molecule has 2 aromatic carbocycles. The third-order valence-electron chi connectivity index (χ3n) is 3.75. The van der Waals surface area contributed by atoms with Crippen LogP contribution in [0.5, 0.6) is 0 Å². The minimum absolute atomic E-state index is 0.0731. The van der Waals surface area contributed by atoms with Gasteiger partial charge in [0, 0.05) is 14.1 Å². The molecular formula is C17H19N3O8S2. The number of carboxylic acids is 1. The van der Waals surface area contributed by atoms with Gasteiger partial charge in [-0.2, -0.15) is 13.5 Å². The van der Waals surface area contributed by atoms with Crippen LogP contribution in [-0.2, 0) is 24.4 Å². The minimum Gasteiger partial charge on any atom is -0.478 e. The molecule has 0 atom stereocenters. The number of hydrogen-bond donors (Lipinski definition) is 2. The highest BCUT2D eigenvalue weighted by molar-refractivity contribution is 7.91. The number of carboxylic acid groups (broad SMARTS) is 1. The van der Waals surface area contributed by atoms with Crippen LogP contribution in [0.15, 0.2) is 57.6 Å². The molecule has 0 unspecified atom stereocenters. The average molecular weight is 457 g/mol. The Morgan fingerprint density at radius 1 is 1.07 bits per heavy atom. The molecule has 13 heteroatoms. The van der Waals surface area contributed by atoms with Crippen LogP contribution in [0.25, 0.3) is 0 Å². The molecule has 2 rings (SSSR count). The van der Waals surface area contributed by atoms with Gasteiger partial charge in [-0.15, -0.1) is 5.11 Å². The Kier molecular flexibility index (Phi) is 7.25. The van der Waals surface area contributed by atoms with Crippen molar-refractivity contribution < 1.29 is 35.5 Å². The molecule has 0 bridgehead atoms. The number of azo groups is 1. The molecule has 0 aliphatic carbocycles. The van der Waals surface area contributed by atoms with E-state index in [0.29, 0.717) is 5.69 Å². The van der Waals surface area contributed by atoms with Crippen molar-refractivity contribution in [3.8, 4) is 0 Å². The first-order valence-corrected chi connectivity index (χ1v) is 11.3. The Bertz CT molecular complexity index is 1180. The lowest BCUT2D eigenvalue weighted by molar-refractivity contribution is 0.0697. The van der Waals surface area contributed by atoms with Crippen molar-refractivity contribution in [1.29, 1.82) is 0 Å². The summed E-state index contributed by atoms with van der Waals surface area (Å²) >= 11 is 0. The van der Waals surface area contributed by atoms with Crippen molar-refractivity contribution in [3.63, 3.8) is 0 Å². The summed E-state index contributed by atoms with van der Waals surface area (Å²) in [6.45, 7) is -0.759. The lowest BCUT2D eigenvalue weighted by Crippen LogP contribution is -2.15. The topological polar surface area (TPSA) is 163 Å². The zero-order valence-electron chi connectivity index (χ0n) is 16.0. The van der Waals surface area contributed by atoms with Crippen molar-refractivity contribution in [2.75, 3.05) is 31.4 Å². The van der Waals surface area contributed by atoms with Gasteiger partial charge in [-0.25, -0.2) is 17.4 Å². The van der Waals surface area contributed by atoms with Crippen LogP contribution in [0.3, 0.4) is 0 Å². The molecule has 0 saturated carbocycles. The predicted octanol–water partition coefficient (Wildman–Crippen LogP) is 2.46. The van der Waals surface area contributed by atoms with Gasteiger partial charge in [0.25, 0.3) is 0 Å². The summed E-state index contributed by atoms with van der Waals surface area (Å²) in [6, 6.07) is 9.95. The zero-order chi connectivity index (χ0) is 22.5. The average Bonchev–Trinajstić information content (AvgIpc) is 2.64. The van der Waals surface area contributed by atoms with Gasteiger partial charge in [-0.1, -0.05) is 12.1 Å². The second kappa shape index (κ2) is 9.30. The van der Waals surface area contributed by atoms with Gasteiger partial charge in [0.1, 0.15) is 5.69 Å². The second-order valence-electron chi connectivity index (χ2n) is 6.14. The van der Waals surface area contributed by atoms with E-state index >= 15 is 0 Å². The van der Waals surface area contributed by atoms with E-state index in [1.165, 1.54) is 30.3 Å². The third kappa shape index (κ3) is 6.32. The van der Waals surface area contributed by atoms with Crippen LogP contribution in [0.2, 0.25) is 0 Å². The molecule has 0 aliphatic rings. The van der Waals surface area contributed by atoms with Crippen LogP contribution >= 0.6 is 0 Å². The minimum atomic E-state index is -4.75. The number of nitrogens with zero attached hydrogens (tertiary/aromatic N) is 3. The number of benzene rings is 2. The summed E-state index contributed by atoms with van der Waals surface area (Å²) in [5.41, 5.74) is 0.669. The Labute approximate surface area is 173 Å².